The fraction of sp³-hybridized carbons (Fsp3) is 0.800. The molecule has 2 saturated heterocycles. The van der Waals surface area contributed by atoms with Crippen LogP contribution in [0, 0.1) is 0 Å². The third-order valence-electron chi connectivity index (χ3n) is 3.30. The van der Waals surface area contributed by atoms with Crippen molar-refractivity contribution in [1.82, 2.24) is 0 Å². The highest BCUT2D eigenvalue weighted by molar-refractivity contribution is 8.14. The smallest absolute Gasteiger partial charge is 0.145 e. The van der Waals surface area contributed by atoms with Crippen LogP contribution in [0.5, 0.6) is 0 Å². The fourth-order valence-corrected chi connectivity index (χ4v) is 5.56. The number of rotatable bonds is 3. The Labute approximate surface area is 87.4 Å². The van der Waals surface area contributed by atoms with E-state index in [1.807, 2.05) is 17.8 Å². The van der Waals surface area contributed by atoms with Gasteiger partial charge in [-0.2, -0.15) is 0 Å². The Morgan fingerprint density at radius 1 is 1.54 bits per heavy atom. The zero-order chi connectivity index (χ0) is 9.10. The van der Waals surface area contributed by atoms with Crippen molar-refractivity contribution in [2.45, 2.75) is 46.4 Å². The van der Waals surface area contributed by atoms with E-state index in [2.05, 4.69) is 13.0 Å². The summed E-state index contributed by atoms with van der Waals surface area (Å²) >= 11 is 3.82. The van der Waals surface area contributed by atoms with Crippen LogP contribution in [0.2, 0.25) is 0 Å². The van der Waals surface area contributed by atoms with Crippen molar-refractivity contribution < 1.29 is 5.11 Å². The van der Waals surface area contributed by atoms with Crippen molar-refractivity contribution in [3.05, 3.63) is 12.2 Å². The Morgan fingerprint density at radius 3 is 3.15 bits per heavy atom. The summed E-state index contributed by atoms with van der Waals surface area (Å²) in [4.78, 5) is -0.479. The molecule has 2 heterocycles. The summed E-state index contributed by atoms with van der Waals surface area (Å²) in [6.45, 7) is 2.22. The molecule has 1 nitrogen and oxygen atoms in total. The largest absolute Gasteiger partial charge is 0.374 e. The van der Waals surface area contributed by atoms with E-state index < -0.39 is 4.93 Å². The first kappa shape index (κ1) is 8.69. The van der Waals surface area contributed by atoms with Crippen LogP contribution in [0.1, 0.15) is 26.2 Å². The van der Waals surface area contributed by atoms with Crippen LogP contribution in [-0.2, 0) is 0 Å². The van der Waals surface area contributed by atoms with Crippen LogP contribution in [0.3, 0.4) is 0 Å². The van der Waals surface area contributed by atoms with E-state index in [1.165, 1.54) is 19.3 Å². The summed E-state index contributed by atoms with van der Waals surface area (Å²) in [6, 6.07) is 0. The molecule has 72 valence electrons. The molecule has 13 heavy (non-hydrogen) atoms. The highest BCUT2D eigenvalue weighted by Gasteiger charge is 2.77. The van der Waals surface area contributed by atoms with Crippen molar-refractivity contribution in [2.75, 3.05) is 0 Å². The van der Waals surface area contributed by atoms with Gasteiger partial charge in [0.2, 0.25) is 0 Å². The zero-order valence-electron chi connectivity index (χ0n) is 7.69. The second-order valence-electron chi connectivity index (χ2n) is 4.17. The number of unbranched alkanes of at least 4 members (excludes halogenated alkanes) is 1. The topological polar surface area (TPSA) is 20.2 Å². The van der Waals surface area contributed by atoms with Crippen molar-refractivity contribution in [2.24, 2.45) is 0 Å². The van der Waals surface area contributed by atoms with E-state index in [1.54, 1.807) is 11.8 Å². The van der Waals surface area contributed by atoms with Crippen LogP contribution in [0.25, 0.3) is 0 Å². The Morgan fingerprint density at radius 2 is 2.38 bits per heavy atom. The van der Waals surface area contributed by atoms with Gasteiger partial charge >= 0.3 is 0 Å². The molecule has 0 aromatic heterocycles. The third-order valence-corrected chi connectivity index (χ3v) is 6.61. The highest BCUT2D eigenvalue weighted by Crippen LogP contribution is 2.77. The van der Waals surface area contributed by atoms with Crippen LogP contribution in [0.15, 0.2) is 12.2 Å². The number of thioether (sulfide) groups is 2. The van der Waals surface area contributed by atoms with Crippen LogP contribution >= 0.6 is 23.5 Å². The van der Waals surface area contributed by atoms with E-state index in [0.29, 0.717) is 0 Å². The van der Waals surface area contributed by atoms with Gasteiger partial charge in [-0.1, -0.05) is 25.8 Å². The Hall–Kier alpha value is 0.400. The zero-order valence-corrected chi connectivity index (χ0v) is 9.33. The minimum atomic E-state index is -0.479. The average molecular weight is 214 g/mol. The molecule has 0 amide bonds. The summed E-state index contributed by atoms with van der Waals surface area (Å²) in [5.41, 5.74) is 0. The molecule has 0 aromatic carbocycles. The molecule has 3 rings (SSSR count). The summed E-state index contributed by atoms with van der Waals surface area (Å²) < 4.78 is 0.215. The van der Waals surface area contributed by atoms with Crippen LogP contribution < -0.4 is 0 Å². The molecule has 0 bridgehead atoms. The molecular weight excluding hydrogens is 200 g/mol. The lowest BCUT2D eigenvalue weighted by Crippen LogP contribution is -2.33. The molecule has 1 aliphatic carbocycles. The molecule has 4 unspecified atom stereocenters. The molecule has 1 N–H and O–H groups in total. The Bertz CT molecular complexity index is 278. The molecule has 3 heteroatoms. The maximum Gasteiger partial charge on any atom is 0.145 e. The summed E-state index contributed by atoms with van der Waals surface area (Å²) in [6.07, 6.45) is 7.92. The second-order valence-corrected chi connectivity index (χ2v) is 7.05. The Balaban J connectivity index is 1.81. The molecule has 0 saturated carbocycles. The average Bonchev–Trinajstić information content (AvgIpc) is 2.92. The first-order valence-electron chi connectivity index (χ1n) is 4.99. The first-order chi connectivity index (χ1) is 6.22. The van der Waals surface area contributed by atoms with Gasteiger partial charge in [0.1, 0.15) is 4.93 Å². The number of hydrogen-bond donors (Lipinski definition) is 1. The van der Waals surface area contributed by atoms with Crippen LogP contribution in [0.4, 0.5) is 0 Å². The number of hydrogen-bond acceptors (Lipinski definition) is 3. The SMILES string of the molecule is CCCCC12SC1(O)C=CC1SC12. The van der Waals surface area contributed by atoms with Gasteiger partial charge in [-0.3, -0.25) is 0 Å². The van der Waals surface area contributed by atoms with E-state index in [0.717, 1.165) is 10.5 Å². The van der Waals surface area contributed by atoms with Gasteiger partial charge < -0.3 is 5.11 Å². The van der Waals surface area contributed by atoms with Gasteiger partial charge in [0.25, 0.3) is 0 Å². The minimum absolute atomic E-state index is 0.215. The van der Waals surface area contributed by atoms with Gasteiger partial charge in [-0.05, 0) is 12.5 Å². The van der Waals surface area contributed by atoms with Gasteiger partial charge in [0, 0.05) is 10.5 Å². The van der Waals surface area contributed by atoms with Gasteiger partial charge in [0.05, 0.1) is 4.75 Å². The van der Waals surface area contributed by atoms with Gasteiger partial charge in [-0.15, -0.1) is 23.5 Å². The fourth-order valence-electron chi connectivity index (χ4n) is 2.37. The maximum absolute atomic E-state index is 10.2. The van der Waals surface area contributed by atoms with Crippen molar-refractivity contribution in [3.8, 4) is 0 Å². The van der Waals surface area contributed by atoms with E-state index in [-0.39, 0.29) is 4.75 Å². The lowest BCUT2D eigenvalue weighted by molar-refractivity contribution is 0.176. The minimum Gasteiger partial charge on any atom is -0.374 e. The summed E-state index contributed by atoms with van der Waals surface area (Å²) in [7, 11) is 0. The molecule has 4 atom stereocenters. The monoisotopic (exact) mass is 214 g/mol. The molecule has 0 spiro atoms. The van der Waals surface area contributed by atoms with Gasteiger partial charge in [0.15, 0.2) is 0 Å². The summed E-state index contributed by atoms with van der Waals surface area (Å²) in [5, 5.41) is 11.6. The third kappa shape index (κ3) is 1.01. The van der Waals surface area contributed by atoms with Crippen molar-refractivity contribution in [3.63, 3.8) is 0 Å². The molecule has 0 radical (unpaired) electrons. The lowest BCUT2D eigenvalue weighted by Gasteiger charge is -2.18. The lowest BCUT2D eigenvalue weighted by atomic mass is 9.87. The summed E-state index contributed by atoms with van der Waals surface area (Å²) in [5.74, 6) is 0. The molecular formula is C10H14OS2. The predicted molar refractivity (Wildman–Crippen MR) is 59.1 cm³/mol. The van der Waals surface area contributed by atoms with Crippen molar-refractivity contribution in [1.29, 1.82) is 0 Å². The standard InChI is InChI=1S/C10H14OS2/c1-2-3-5-9-8-7(12-8)4-6-10(9,11)13-9/h4,6-8,11H,2-3,5H2,1H3. The second kappa shape index (κ2) is 2.50. The first-order valence-corrected chi connectivity index (χ1v) is 6.75. The number of fused-ring (bicyclic) bond motifs is 3. The molecule has 3 aliphatic rings. The maximum atomic E-state index is 10.2. The molecule has 2 aliphatic heterocycles. The van der Waals surface area contributed by atoms with Crippen LogP contribution in [-0.4, -0.2) is 25.3 Å². The quantitative estimate of drug-likeness (QED) is 0.575. The van der Waals surface area contributed by atoms with E-state index in [9.17, 15) is 5.11 Å². The molecule has 2 fully saturated rings. The number of aliphatic hydroxyl groups is 1. The Kier molecular flexibility index (Phi) is 1.67. The van der Waals surface area contributed by atoms with Gasteiger partial charge in [-0.25, -0.2) is 0 Å². The highest BCUT2D eigenvalue weighted by atomic mass is 32.2. The van der Waals surface area contributed by atoms with E-state index in [4.69, 9.17) is 0 Å². The molecule has 0 aromatic rings. The predicted octanol–water partition coefficient (Wildman–Crippen LogP) is 2.40. The van der Waals surface area contributed by atoms with Crippen molar-refractivity contribution >= 4 is 23.5 Å². The normalized spacial score (nSPS) is 55.5. The van der Waals surface area contributed by atoms with E-state index >= 15 is 0 Å².